The maximum absolute atomic E-state index is 13.9. The highest BCUT2D eigenvalue weighted by molar-refractivity contribution is 6.42. The van der Waals surface area contributed by atoms with Crippen molar-refractivity contribution in [3.05, 3.63) is 33.8 Å². The Morgan fingerprint density at radius 2 is 1.46 bits per heavy atom. The standard InChI is InChI=1S/C21H24Cl2O3/c22-15-8-7-14(13-16(15)23)17-20(9-3-1-4-10-20)18(24)21(19(25)26-17)11-5-2-6-12-21/h7-8,13,17H,1-6,9-12H2/t17-/m1/s1. The molecule has 0 amide bonds. The van der Waals surface area contributed by atoms with Crippen LogP contribution in [0, 0.1) is 10.8 Å². The van der Waals surface area contributed by atoms with E-state index in [1.54, 1.807) is 12.1 Å². The van der Waals surface area contributed by atoms with Gasteiger partial charge in [-0.3, -0.25) is 9.59 Å². The van der Waals surface area contributed by atoms with E-state index in [1.807, 2.05) is 6.07 Å². The number of benzene rings is 1. The Morgan fingerprint density at radius 1 is 0.846 bits per heavy atom. The summed E-state index contributed by atoms with van der Waals surface area (Å²) in [5.41, 5.74) is -0.739. The average molecular weight is 395 g/mol. The first kappa shape index (κ1) is 18.3. The number of rotatable bonds is 1. The van der Waals surface area contributed by atoms with Gasteiger partial charge in [0.05, 0.1) is 15.5 Å². The number of Topliss-reactive ketones (excluding diaryl/α,β-unsaturated/α-hetero) is 1. The smallest absolute Gasteiger partial charge is 0.320 e. The summed E-state index contributed by atoms with van der Waals surface area (Å²) in [5.74, 6) is -0.189. The number of esters is 1. The number of halogens is 2. The largest absolute Gasteiger partial charge is 0.456 e. The molecule has 140 valence electrons. The zero-order valence-corrected chi connectivity index (χ0v) is 16.4. The van der Waals surface area contributed by atoms with Crippen molar-refractivity contribution in [2.75, 3.05) is 0 Å². The summed E-state index contributed by atoms with van der Waals surface area (Å²) in [4.78, 5) is 26.9. The second-order valence-electron chi connectivity index (χ2n) is 8.15. The number of ether oxygens (including phenoxy) is 1. The van der Waals surface area contributed by atoms with E-state index in [1.165, 1.54) is 0 Å². The second kappa shape index (κ2) is 6.83. The molecular weight excluding hydrogens is 371 g/mol. The Bertz CT molecular complexity index is 731. The van der Waals surface area contributed by atoms with Gasteiger partial charge in [-0.25, -0.2) is 0 Å². The van der Waals surface area contributed by atoms with Crippen molar-refractivity contribution in [3.8, 4) is 0 Å². The zero-order valence-electron chi connectivity index (χ0n) is 14.9. The number of cyclic esters (lactones) is 1. The second-order valence-corrected chi connectivity index (χ2v) is 8.96. The predicted octanol–water partition coefficient (Wildman–Crippen LogP) is 6.06. The highest BCUT2D eigenvalue weighted by Gasteiger charge is 2.63. The molecule has 5 heteroatoms. The predicted molar refractivity (Wildman–Crippen MR) is 101 cm³/mol. The van der Waals surface area contributed by atoms with Gasteiger partial charge in [0.1, 0.15) is 11.5 Å². The van der Waals surface area contributed by atoms with Gasteiger partial charge >= 0.3 is 5.97 Å². The van der Waals surface area contributed by atoms with Crippen molar-refractivity contribution in [1.29, 1.82) is 0 Å². The van der Waals surface area contributed by atoms with Crippen LogP contribution in [0.15, 0.2) is 18.2 Å². The summed E-state index contributed by atoms with van der Waals surface area (Å²) < 4.78 is 6.06. The SMILES string of the molecule is O=C1O[C@H](c2ccc(Cl)c(Cl)c2)C2(CCCCC2)C(=O)C12CCCCC2. The van der Waals surface area contributed by atoms with Gasteiger partial charge in [-0.1, -0.05) is 67.8 Å². The molecule has 1 aliphatic heterocycles. The van der Waals surface area contributed by atoms with Crippen LogP contribution in [0.4, 0.5) is 0 Å². The molecule has 0 unspecified atom stereocenters. The third-order valence-electron chi connectivity index (χ3n) is 6.70. The Hall–Kier alpha value is -1.06. The Morgan fingerprint density at radius 3 is 2.08 bits per heavy atom. The molecule has 4 rings (SSSR count). The molecular formula is C21H24Cl2O3. The molecule has 2 spiro atoms. The fourth-order valence-corrected chi connectivity index (χ4v) is 5.65. The van der Waals surface area contributed by atoms with E-state index in [0.29, 0.717) is 22.9 Å². The van der Waals surface area contributed by atoms with E-state index in [4.69, 9.17) is 27.9 Å². The molecule has 1 saturated heterocycles. The van der Waals surface area contributed by atoms with Crippen LogP contribution in [0.1, 0.15) is 75.9 Å². The molecule has 1 aromatic carbocycles. The number of hydrogen-bond donors (Lipinski definition) is 0. The minimum atomic E-state index is -0.914. The van der Waals surface area contributed by atoms with Gasteiger partial charge < -0.3 is 4.74 Å². The van der Waals surface area contributed by atoms with Crippen LogP contribution in [0.5, 0.6) is 0 Å². The van der Waals surface area contributed by atoms with Crippen LogP contribution >= 0.6 is 23.2 Å². The Kier molecular flexibility index (Phi) is 4.81. The molecule has 0 radical (unpaired) electrons. The van der Waals surface area contributed by atoms with Crippen molar-refractivity contribution >= 4 is 35.0 Å². The molecule has 3 fully saturated rings. The minimum Gasteiger partial charge on any atom is -0.456 e. The quantitative estimate of drug-likeness (QED) is 0.429. The van der Waals surface area contributed by atoms with Gasteiger partial charge in [-0.2, -0.15) is 0 Å². The molecule has 0 N–H and O–H groups in total. The first-order valence-electron chi connectivity index (χ1n) is 9.71. The van der Waals surface area contributed by atoms with Crippen LogP contribution in [0.25, 0.3) is 0 Å². The molecule has 0 bridgehead atoms. The van der Waals surface area contributed by atoms with Gasteiger partial charge in [-0.15, -0.1) is 0 Å². The topological polar surface area (TPSA) is 43.4 Å². The highest BCUT2D eigenvalue weighted by atomic mass is 35.5. The average Bonchev–Trinajstić information content (AvgIpc) is 2.67. The lowest BCUT2D eigenvalue weighted by Gasteiger charge is -2.52. The van der Waals surface area contributed by atoms with Crippen molar-refractivity contribution in [2.45, 2.75) is 70.3 Å². The lowest BCUT2D eigenvalue weighted by Crippen LogP contribution is -2.58. The molecule has 1 heterocycles. The molecule has 1 atom stereocenters. The van der Waals surface area contributed by atoms with E-state index < -0.39 is 16.9 Å². The Labute approximate surface area is 164 Å². The van der Waals surface area contributed by atoms with Crippen LogP contribution < -0.4 is 0 Å². The first-order chi connectivity index (χ1) is 12.5. The molecule has 3 nitrogen and oxygen atoms in total. The number of hydrogen-bond acceptors (Lipinski definition) is 3. The van der Waals surface area contributed by atoms with Crippen molar-refractivity contribution < 1.29 is 14.3 Å². The van der Waals surface area contributed by atoms with E-state index in [0.717, 1.165) is 56.9 Å². The lowest BCUT2D eigenvalue weighted by molar-refractivity contribution is -0.198. The molecule has 1 aromatic rings. The van der Waals surface area contributed by atoms with Gasteiger partial charge in [-0.05, 0) is 43.4 Å². The summed E-state index contributed by atoms with van der Waals surface area (Å²) in [6, 6.07) is 5.32. The number of carbonyl (C=O) groups is 2. The van der Waals surface area contributed by atoms with E-state index in [9.17, 15) is 9.59 Å². The summed E-state index contributed by atoms with van der Waals surface area (Å²) in [6.07, 6.45) is 8.36. The van der Waals surface area contributed by atoms with Crippen molar-refractivity contribution in [3.63, 3.8) is 0 Å². The molecule has 0 aromatic heterocycles. The lowest BCUT2D eigenvalue weighted by atomic mass is 9.55. The molecule has 26 heavy (non-hydrogen) atoms. The maximum atomic E-state index is 13.9. The Balaban J connectivity index is 1.80. The number of carbonyl (C=O) groups excluding carboxylic acids is 2. The van der Waals surface area contributed by atoms with Gasteiger partial charge in [0.15, 0.2) is 5.78 Å². The molecule has 2 aliphatic carbocycles. The highest BCUT2D eigenvalue weighted by Crippen LogP contribution is 2.58. The van der Waals surface area contributed by atoms with E-state index in [-0.39, 0.29) is 11.8 Å². The van der Waals surface area contributed by atoms with Crippen LogP contribution in [-0.4, -0.2) is 11.8 Å². The molecule has 3 aliphatic rings. The third-order valence-corrected chi connectivity index (χ3v) is 7.44. The zero-order chi connectivity index (χ0) is 18.4. The van der Waals surface area contributed by atoms with Crippen molar-refractivity contribution in [1.82, 2.24) is 0 Å². The summed E-state index contributed by atoms with van der Waals surface area (Å²) in [5, 5.41) is 0.891. The summed E-state index contributed by atoms with van der Waals surface area (Å²) in [7, 11) is 0. The van der Waals surface area contributed by atoms with E-state index >= 15 is 0 Å². The fourth-order valence-electron chi connectivity index (χ4n) is 5.34. The minimum absolute atomic E-state index is 0.136. The van der Waals surface area contributed by atoms with Gasteiger partial charge in [0.25, 0.3) is 0 Å². The van der Waals surface area contributed by atoms with Gasteiger partial charge in [0, 0.05) is 0 Å². The first-order valence-corrected chi connectivity index (χ1v) is 10.5. The van der Waals surface area contributed by atoms with Crippen LogP contribution in [0.2, 0.25) is 10.0 Å². The van der Waals surface area contributed by atoms with Gasteiger partial charge in [0.2, 0.25) is 0 Å². The monoisotopic (exact) mass is 394 g/mol. The third kappa shape index (κ3) is 2.70. The normalized spacial score (nSPS) is 27.5. The fraction of sp³-hybridized carbons (Fsp3) is 0.619. The summed E-state index contributed by atoms with van der Waals surface area (Å²) in [6.45, 7) is 0. The number of ketones is 1. The summed E-state index contributed by atoms with van der Waals surface area (Å²) >= 11 is 12.3. The van der Waals surface area contributed by atoms with Crippen LogP contribution in [0.3, 0.4) is 0 Å². The maximum Gasteiger partial charge on any atom is 0.320 e. The van der Waals surface area contributed by atoms with E-state index in [2.05, 4.69) is 0 Å². The van der Waals surface area contributed by atoms with Crippen LogP contribution in [-0.2, 0) is 14.3 Å². The molecule has 2 saturated carbocycles. The van der Waals surface area contributed by atoms with Crippen molar-refractivity contribution in [2.24, 2.45) is 10.8 Å².